The highest BCUT2D eigenvalue weighted by atomic mass is 16.2. The molecule has 0 saturated heterocycles. The van der Waals surface area contributed by atoms with Gasteiger partial charge in [-0.05, 0) is 43.0 Å². The van der Waals surface area contributed by atoms with Crippen molar-refractivity contribution in [2.75, 3.05) is 22.7 Å². The number of rotatable bonds is 5. The van der Waals surface area contributed by atoms with Crippen LogP contribution in [0.25, 0.3) is 0 Å². The molecule has 2 aromatic rings. The fourth-order valence-corrected chi connectivity index (χ4v) is 2.73. The number of carbonyl (C=O) groups is 2. The molecular weight excluding hydrogens is 332 g/mol. The summed E-state index contributed by atoms with van der Waals surface area (Å²) in [6, 6.07) is 6.78. The lowest BCUT2D eigenvalue weighted by molar-refractivity contribution is -0.117. The highest BCUT2D eigenvalue weighted by molar-refractivity contribution is 6.14. The number of amides is 2. The van der Waals surface area contributed by atoms with Gasteiger partial charge in [-0.15, -0.1) is 0 Å². The summed E-state index contributed by atoms with van der Waals surface area (Å²) in [6.07, 6.45) is 5.69. The molecule has 0 spiro atoms. The Labute approximate surface area is 150 Å². The molecule has 3 heterocycles. The molecule has 2 N–H and O–H groups in total. The summed E-state index contributed by atoms with van der Waals surface area (Å²) in [5.74, 6) is 0.531. The summed E-state index contributed by atoms with van der Waals surface area (Å²) >= 11 is 0. The van der Waals surface area contributed by atoms with E-state index in [1.807, 2.05) is 0 Å². The van der Waals surface area contributed by atoms with E-state index in [-0.39, 0.29) is 11.8 Å². The third-order valence-corrected chi connectivity index (χ3v) is 4.35. The first kappa shape index (κ1) is 16.2. The van der Waals surface area contributed by atoms with Crippen LogP contribution in [-0.2, 0) is 4.79 Å². The van der Waals surface area contributed by atoms with Crippen LogP contribution in [0, 0.1) is 5.92 Å². The van der Waals surface area contributed by atoms with Crippen LogP contribution < -0.4 is 15.6 Å². The summed E-state index contributed by atoms with van der Waals surface area (Å²) in [5, 5.41) is 11.4. The van der Waals surface area contributed by atoms with Crippen molar-refractivity contribution in [3.63, 3.8) is 0 Å². The van der Waals surface area contributed by atoms with Crippen LogP contribution >= 0.6 is 0 Å². The van der Waals surface area contributed by atoms with E-state index < -0.39 is 0 Å². The number of carbonyl (C=O) groups excluding carboxylic acids is 2. The second-order valence-electron chi connectivity index (χ2n) is 6.29. The Kier molecular flexibility index (Phi) is 4.08. The average Bonchev–Trinajstić information content (AvgIpc) is 3.45. The SMILES string of the molecule is CNc1ccc(C(=O)Nc2ccc(N3N=C(C4CC4)CC3=O)nc2)nc1. The maximum absolute atomic E-state index is 12.2. The van der Waals surface area contributed by atoms with E-state index in [2.05, 4.69) is 25.7 Å². The Morgan fingerprint density at radius 3 is 2.50 bits per heavy atom. The molecule has 1 aliphatic carbocycles. The van der Waals surface area contributed by atoms with E-state index in [0.717, 1.165) is 24.2 Å². The van der Waals surface area contributed by atoms with Crippen LogP contribution in [0.5, 0.6) is 0 Å². The van der Waals surface area contributed by atoms with Crippen molar-refractivity contribution in [2.24, 2.45) is 11.0 Å². The largest absolute Gasteiger partial charge is 0.387 e. The Hall–Kier alpha value is -3.29. The molecule has 132 valence electrons. The smallest absolute Gasteiger partial charge is 0.274 e. The fraction of sp³-hybridized carbons (Fsp3) is 0.278. The minimum absolute atomic E-state index is 0.0648. The summed E-state index contributed by atoms with van der Waals surface area (Å²) in [6.45, 7) is 0. The first-order valence-electron chi connectivity index (χ1n) is 8.45. The standard InChI is InChI=1S/C18H18N6O2/c1-19-12-4-6-14(20-9-12)18(26)22-13-5-7-16(21-10-13)24-17(25)8-15(23-24)11-2-3-11/h4-7,9-11,19H,2-3,8H2,1H3,(H,22,26). The van der Waals surface area contributed by atoms with Gasteiger partial charge in [0.25, 0.3) is 11.8 Å². The third kappa shape index (κ3) is 3.26. The molecule has 4 rings (SSSR count). The second kappa shape index (κ2) is 6.55. The van der Waals surface area contributed by atoms with Gasteiger partial charge >= 0.3 is 0 Å². The summed E-state index contributed by atoms with van der Waals surface area (Å²) in [5.41, 5.74) is 2.61. The third-order valence-electron chi connectivity index (χ3n) is 4.35. The number of hydrogen-bond acceptors (Lipinski definition) is 6. The Morgan fingerprint density at radius 1 is 1.12 bits per heavy atom. The number of hydrogen-bond donors (Lipinski definition) is 2. The lowest BCUT2D eigenvalue weighted by Crippen LogP contribution is -2.21. The van der Waals surface area contributed by atoms with Crippen molar-refractivity contribution in [1.29, 1.82) is 0 Å². The van der Waals surface area contributed by atoms with Crippen LogP contribution in [0.15, 0.2) is 41.8 Å². The van der Waals surface area contributed by atoms with Gasteiger partial charge in [0.2, 0.25) is 0 Å². The predicted molar refractivity (Wildman–Crippen MR) is 98.2 cm³/mol. The average molecular weight is 350 g/mol. The fourth-order valence-electron chi connectivity index (χ4n) is 2.73. The molecule has 0 bridgehead atoms. The number of nitrogens with zero attached hydrogens (tertiary/aromatic N) is 4. The maximum Gasteiger partial charge on any atom is 0.274 e. The molecule has 1 aliphatic heterocycles. The van der Waals surface area contributed by atoms with Gasteiger partial charge in [-0.2, -0.15) is 10.1 Å². The number of aromatic nitrogens is 2. The Bertz CT molecular complexity index is 872. The van der Waals surface area contributed by atoms with Crippen LogP contribution in [0.1, 0.15) is 29.8 Å². The van der Waals surface area contributed by atoms with Crippen molar-refractivity contribution in [3.05, 3.63) is 42.4 Å². The normalized spacial score (nSPS) is 16.4. The van der Waals surface area contributed by atoms with E-state index >= 15 is 0 Å². The summed E-state index contributed by atoms with van der Waals surface area (Å²) in [7, 11) is 1.78. The van der Waals surface area contributed by atoms with Gasteiger partial charge in [0, 0.05) is 7.05 Å². The molecule has 0 aromatic carbocycles. The first-order valence-corrected chi connectivity index (χ1v) is 8.45. The molecule has 8 nitrogen and oxygen atoms in total. The minimum Gasteiger partial charge on any atom is -0.387 e. The van der Waals surface area contributed by atoms with Crippen LogP contribution in [0.3, 0.4) is 0 Å². The van der Waals surface area contributed by atoms with Crippen LogP contribution in [-0.4, -0.2) is 34.5 Å². The molecule has 2 aromatic heterocycles. The maximum atomic E-state index is 12.2. The minimum atomic E-state index is -0.325. The van der Waals surface area contributed by atoms with Crippen LogP contribution in [0.2, 0.25) is 0 Å². The van der Waals surface area contributed by atoms with E-state index in [1.54, 1.807) is 37.5 Å². The number of pyridine rings is 2. The highest BCUT2D eigenvalue weighted by Gasteiger charge is 2.35. The molecule has 2 amide bonds. The molecular formula is C18H18N6O2. The van der Waals surface area contributed by atoms with Gasteiger partial charge in [0.1, 0.15) is 5.69 Å². The molecule has 0 atom stereocenters. The predicted octanol–water partition coefficient (Wildman–Crippen LogP) is 2.27. The van der Waals surface area contributed by atoms with Crippen molar-refractivity contribution in [3.8, 4) is 0 Å². The molecule has 0 radical (unpaired) electrons. The van der Waals surface area contributed by atoms with Gasteiger partial charge in [-0.3, -0.25) is 9.59 Å². The van der Waals surface area contributed by atoms with Crippen molar-refractivity contribution in [1.82, 2.24) is 9.97 Å². The lowest BCUT2D eigenvalue weighted by Gasteiger charge is -2.11. The number of anilines is 3. The lowest BCUT2D eigenvalue weighted by atomic mass is 10.2. The Morgan fingerprint density at radius 2 is 1.88 bits per heavy atom. The monoisotopic (exact) mass is 350 g/mol. The second-order valence-corrected chi connectivity index (χ2v) is 6.29. The zero-order chi connectivity index (χ0) is 18.1. The van der Waals surface area contributed by atoms with E-state index in [4.69, 9.17) is 0 Å². The van der Waals surface area contributed by atoms with Gasteiger partial charge in [0.15, 0.2) is 5.82 Å². The Balaban J connectivity index is 1.44. The van der Waals surface area contributed by atoms with Crippen molar-refractivity contribution in [2.45, 2.75) is 19.3 Å². The summed E-state index contributed by atoms with van der Waals surface area (Å²) < 4.78 is 0. The highest BCUT2D eigenvalue weighted by Crippen LogP contribution is 2.35. The molecule has 2 aliphatic rings. The van der Waals surface area contributed by atoms with Gasteiger partial charge in [-0.25, -0.2) is 9.97 Å². The van der Waals surface area contributed by atoms with Gasteiger partial charge in [-0.1, -0.05) is 0 Å². The van der Waals surface area contributed by atoms with Crippen LogP contribution in [0.4, 0.5) is 17.2 Å². The van der Waals surface area contributed by atoms with Crippen molar-refractivity contribution >= 4 is 34.7 Å². The molecule has 8 heteroatoms. The first-order chi connectivity index (χ1) is 12.6. The number of hydrazone groups is 1. The molecule has 26 heavy (non-hydrogen) atoms. The zero-order valence-electron chi connectivity index (χ0n) is 14.3. The van der Waals surface area contributed by atoms with E-state index in [9.17, 15) is 9.59 Å². The molecule has 1 fully saturated rings. The van der Waals surface area contributed by atoms with Crippen molar-refractivity contribution < 1.29 is 9.59 Å². The zero-order valence-corrected chi connectivity index (χ0v) is 14.3. The van der Waals surface area contributed by atoms with Gasteiger partial charge in [0.05, 0.1) is 35.9 Å². The van der Waals surface area contributed by atoms with E-state index in [0.29, 0.717) is 29.5 Å². The van der Waals surface area contributed by atoms with Gasteiger partial charge < -0.3 is 10.6 Å². The van der Waals surface area contributed by atoms with E-state index in [1.165, 1.54) is 11.2 Å². The summed E-state index contributed by atoms with van der Waals surface area (Å²) in [4.78, 5) is 32.7. The molecule has 0 unspecified atom stereocenters. The quantitative estimate of drug-likeness (QED) is 0.862. The number of nitrogens with one attached hydrogen (secondary N) is 2. The molecule has 1 saturated carbocycles. The topological polar surface area (TPSA) is 99.6 Å².